The number of hydrogen-bond acceptors (Lipinski definition) is 2. The van der Waals surface area contributed by atoms with E-state index < -0.39 is 0 Å². The molecule has 0 aliphatic rings. The summed E-state index contributed by atoms with van der Waals surface area (Å²) in [5.41, 5.74) is 2.22. The number of aromatic hydroxyl groups is 1. The second kappa shape index (κ2) is 3.13. The van der Waals surface area contributed by atoms with Crippen LogP contribution in [0.2, 0.25) is 0 Å². The molecule has 2 nitrogen and oxygen atoms in total. The molecule has 0 aliphatic carbocycles. The van der Waals surface area contributed by atoms with Gasteiger partial charge in [0.1, 0.15) is 0 Å². The van der Waals surface area contributed by atoms with Crippen molar-refractivity contribution in [2.45, 2.75) is 33.6 Å². The molecule has 1 aromatic rings. The van der Waals surface area contributed by atoms with Crippen LogP contribution in [0.1, 0.15) is 38.0 Å². The lowest BCUT2D eigenvalue weighted by Gasteiger charge is -2.09. The summed E-state index contributed by atoms with van der Waals surface area (Å²) in [7, 11) is 0. The number of aryl methyl sites for hydroxylation is 1. The number of rotatable bonds is 1. The molecule has 1 aromatic heterocycles. The summed E-state index contributed by atoms with van der Waals surface area (Å²) in [6, 6.07) is 0.417. The highest BCUT2D eigenvalue weighted by molar-refractivity contribution is 5.34. The van der Waals surface area contributed by atoms with Gasteiger partial charge in [0.25, 0.3) is 0 Å². The van der Waals surface area contributed by atoms with Crippen LogP contribution in [-0.4, -0.2) is 10.1 Å². The van der Waals surface area contributed by atoms with Gasteiger partial charge in [-0.2, -0.15) is 0 Å². The zero-order valence-corrected chi connectivity index (χ0v) is 7.97. The summed E-state index contributed by atoms with van der Waals surface area (Å²) in [6.45, 7) is 7.56. The fourth-order valence-electron chi connectivity index (χ4n) is 1.05. The van der Waals surface area contributed by atoms with Gasteiger partial charge in [0.15, 0.2) is 0 Å². The van der Waals surface area contributed by atoms with E-state index in [2.05, 4.69) is 4.98 Å². The van der Waals surface area contributed by atoms with Crippen LogP contribution in [0.15, 0.2) is 6.04 Å². The number of aromatic nitrogens is 1. The molecule has 0 spiro atoms. The maximum atomic E-state index is 9.54. The van der Waals surface area contributed by atoms with Crippen molar-refractivity contribution in [1.82, 2.24) is 4.98 Å². The van der Waals surface area contributed by atoms with Crippen LogP contribution in [0.25, 0.3) is 0 Å². The zero-order valence-electron chi connectivity index (χ0n) is 8.97. The normalized spacial score (nSPS) is 11.9. The van der Waals surface area contributed by atoms with E-state index in [1.54, 1.807) is 6.92 Å². The molecule has 0 fully saturated rings. The molecule has 0 aromatic carbocycles. The van der Waals surface area contributed by atoms with Crippen molar-refractivity contribution in [2.24, 2.45) is 0 Å². The molecule has 1 N–H and O–H groups in total. The molecule has 1 rings (SSSR count). The number of hydrogen-bond donors (Lipinski definition) is 1. The molecule has 0 amide bonds. The van der Waals surface area contributed by atoms with Gasteiger partial charge in [-0.25, -0.2) is 4.98 Å². The third kappa shape index (κ3) is 1.58. The van der Waals surface area contributed by atoms with Crippen LogP contribution in [0.4, 0.5) is 0 Å². The second-order valence-corrected chi connectivity index (χ2v) is 3.34. The lowest BCUT2D eigenvalue weighted by atomic mass is 10.0. The Morgan fingerprint density at radius 2 is 2.08 bits per heavy atom. The monoisotopic (exact) mass is 166 g/mol. The minimum absolute atomic E-state index is 0.00287. The van der Waals surface area contributed by atoms with Gasteiger partial charge >= 0.3 is 0 Å². The van der Waals surface area contributed by atoms with Gasteiger partial charge in [0.05, 0.1) is 1.37 Å². The largest absolute Gasteiger partial charge is 0.493 e. The molecule has 0 atom stereocenters. The van der Waals surface area contributed by atoms with Crippen LogP contribution >= 0.6 is 0 Å². The average Bonchev–Trinajstić information content (AvgIpc) is 1.99. The molecule has 1 heterocycles. The average molecular weight is 166 g/mol. The lowest BCUT2D eigenvalue weighted by Crippen LogP contribution is -1.95. The Labute approximate surface area is 74.7 Å². The Hall–Kier alpha value is -1.05. The van der Waals surface area contributed by atoms with E-state index in [4.69, 9.17) is 1.37 Å². The summed E-state index contributed by atoms with van der Waals surface area (Å²) in [6.07, 6.45) is 0. The molecule has 0 aliphatic heterocycles. The van der Waals surface area contributed by atoms with Gasteiger partial charge in [-0.15, -0.1) is 0 Å². The third-order valence-corrected chi connectivity index (χ3v) is 1.96. The Kier molecular flexibility index (Phi) is 1.98. The molecule has 0 saturated heterocycles. The maximum Gasteiger partial charge on any atom is 0.214 e. The van der Waals surface area contributed by atoms with Crippen molar-refractivity contribution in [1.29, 1.82) is 0 Å². The van der Waals surface area contributed by atoms with Gasteiger partial charge in [-0.05, 0) is 31.4 Å². The first-order valence-corrected chi connectivity index (χ1v) is 4.11. The molecule has 0 saturated carbocycles. The van der Waals surface area contributed by atoms with E-state index in [0.29, 0.717) is 11.6 Å². The van der Waals surface area contributed by atoms with Gasteiger partial charge in [0, 0.05) is 11.3 Å². The highest BCUT2D eigenvalue weighted by Gasteiger charge is 2.08. The molecule has 0 bridgehead atoms. The van der Waals surface area contributed by atoms with Crippen LogP contribution in [0.3, 0.4) is 0 Å². The van der Waals surface area contributed by atoms with E-state index >= 15 is 0 Å². The minimum Gasteiger partial charge on any atom is -0.493 e. The van der Waals surface area contributed by atoms with Gasteiger partial charge in [-0.3, -0.25) is 0 Å². The predicted octanol–water partition coefficient (Wildman–Crippen LogP) is 2.53. The Balaban J connectivity index is 3.44. The van der Waals surface area contributed by atoms with Crippen LogP contribution < -0.4 is 0 Å². The lowest BCUT2D eigenvalue weighted by molar-refractivity contribution is 0.441. The van der Waals surface area contributed by atoms with Crippen molar-refractivity contribution in [3.8, 4) is 5.88 Å². The molecule has 0 unspecified atom stereocenters. The third-order valence-electron chi connectivity index (χ3n) is 1.96. The standard InChI is InChI=1S/C10H15NO/c1-6(2)9-5-7(3)8(4)11-10(9)12/h5-6H,1-4H3,(H,11,12)/i5D. The SMILES string of the molecule is [2H]c1c(C)c(C)nc(O)c1C(C)C. The maximum absolute atomic E-state index is 9.54. The summed E-state index contributed by atoms with van der Waals surface area (Å²) in [4.78, 5) is 3.99. The van der Waals surface area contributed by atoms with Crippen molar-refractivity contribution >= 4 is 0 Å². The van der Waals surface area contributed by atoms with E-state index in [0.717, 1.165) is 11.3 Å². The fraction of sp³-hybridized carbons (Fsp3) is 0.500. The van der Waals surface area contributed by atoms with Crippen molar-refractivity contribution < 1.29 is 6.48 Å². The molecule has 0 radical (unpaired) electrons. The predicted molar refractivity (Wildman–Crippen MR) is 49.5 cm³/mol. The first-order valence-electron chi connectivity index (χ1n) is 4.61. The molecule has 66 valence electrons. The quantitative estimate of drug-likeness (QED) is 0.695. The Morgan fingerprint density at radius 3 is 2.58 bits per heavy atom. The fourth-order valence-corrected chi connectivity index (χ4v) is 1.05. The van der Waals surface area contributed by atoms with Crippen LogP contribution in [0.5, 0.6) is 5.88 Å². The van der Waals surface area contributed by atoms with E-state index in [1.807, 2.05) is 20.8 Å². The van der Waals surface area contributed by atoms with Crippen LogP contribution in [0, 0.1) is 13.8 Å². The molecular weight excluding hydrogens is 150 g/mol. The summed E-state index contributed by atoms with van der Waals surface area (Å²) >= 11 is 0. The first kappa shape index (κ1) is 7.59. The highest BCUT2D eigenvalue weighted by Crippen LogP contribution is 2.24. The Morgan fingerprint density at radius 1 is 1.50 bits per heavy atom. The number of nitrogens with zero attached hydrogens (tertiary/aromatic N) is 1. The minimum atomic E-state index is 0.00287. The molecule has 12 heavy (non-hydrogen) atoms. The summed E-state index contributed by atoms with van der Waals surface area (Å²) in [5, 5.41) is 9.54. The highest BCUT2D eigenvalue weighted by atomic mass is 16.3. The smallest absolute Gasteiger partial charge is 0.214 e. The molecule has 2 heteroatoms. The van der Waals surface area contributed by atoms with E-state index in [9.17, 15) is 5.11 Å². The topological polar surface area (TPSA) is 33.1 Å². The Bertz CT molecular complexity index is 334. The summed E-state index contributed by atoms with van der Waals surface area (Å²) < 4.78 is 7.81. The first-order chi connectivity index (χ1) is 5.95. The zero-order chi connectivity index (χ0) is 10.2. The van der Waals surface area contributed by atoms with Crippen molar-refractivity contribution in [3.63, 3.8) is 0 Å². The van der Waals surface area contributed by atoms with Gasteiger partial charge < -0.3 is 5.11 Å². The van der Waals surface area contributed by atoms with E-state index in [1.165, 1.54) is 0 Å². The van der Waals surface area contributed by atoms with Crippen LogP contribution in [-0.2, 0) is 0 Å². The van der Waals surface area contributed by atoms with E-state index in [-0.39, 0.29) is 11.8 Å². The number of pyridine rings is 1. The molecular formula is C10H15NO. The summed E-state index contributed by atoms with van der Waals surface area (Å²) in [5.74, 6) is 0.141. The second-order valence-electron chi connectivity index (χ2n) is 3.34. The van der Waals surface area contributed by atoms with Gasteiger partial charge in [-0.1, -0.05) is 13.8 Å². The van der Waals surface area contributed by atoms with Crippen molar-refractivity contribution in [3.05, 3.63) is 22.9 Å². The van der Waals surface area contributed by atoms with Gasteiger partial charge in [0.2, 0.25) is 5.88 Å². The van der Waals surface area contributed by atoms with Crippen molar-refractivity contribution in [2.75, 3.05) is 0 Å².